The standard InChI is InChI=1S/C20H40O3/c1-4-5-6-7-8-9-10-13-16-19(22-2)17-14-11-12-15-18-20(21)23-3/h19H,4-18H2,1-3H3. The third-order valence-electron chi connectivity index (χ3n) is 4.60. The van der Waals surface area contributed by atoms with Gasteiger partial charge in [0.1, 0.15) is 0 Å². The highest BCUT2D eigenvalue weighted by molar-refractivity contribution is 5.68. The van der Waals surface area contributed by atoms with E-state index < -0.39 is 0 Å². The molecule has 1 unspecified atom stereocenters. The Hall–Kier alpha value is -0.570. The molecule has 0 spiro atoms. The van der Waals surface area contributed by atoms with Gasteiger partial charge in [0.05, 0.1) is 13.2 Å². The topological polar surface area (TPSA) is 35.5 Å². The molecule has 3 nitrogen and oxygen atoms in total. The summed E-state index contributed by atoms with van der Waals surface area (Å²) in [5.41, 5.74) is 0. The molecule has 1 atom stereocenters. The number of unbranched alkanes of at least 4 members (excludes halogenated alkanes) is 10. The molecule has 0 fully saturated rings. The zero-order chi connectivity index (χ0) is 17.2. The molecule has 0 aromatic heterocycles. The van der Waals surface area contributed by atoms with Crippen LogP contribution < -0.4 is 0 Å². The number of carbonyl (C=O) groups excluding carboxylic acids is 1. The summed E-state index contributed by atoms with van der Waals surface area (Å²) in [5.74, 6) is -0.0885. The molecule has 0 aliphatic carbocycles. The van der Waals surface area contributed by atoms with E-state index in [1.54, 1.807) is 0 Å². The zero-order valence-corrected chi connectivity index (χ0v) is 15.9. The molecular weight excluding hydrogens is 288 g/mol. The van der Waals surface area contributed by atoms with Crippen molar-refractivity contribution in [2.45, 2.75) is 109 Å². The molecule has 0 saturated carbocycles. The van der Waals surface area contributed by atoms with Crippen LogP contribution in [0.25, 0.3) is 0 Å². The lowest BCUT2D eigenvalue weighted by Crippen LogP contribution is -2.10. The minimum absolute atomic E-state index is 0.0885. The molecule has 0 rings (SSSR count). The van der Waals surface area contributed by atoms with Crippen LogP contribution in [0.5, 0.6) is 0 Å². The number of methoxy groups -OCH3 is 2. The van der Waals surface area contributed by atoms with Gasteiger partial charge >= 0.3 is 5.97 Å². The second kappa shape index (κ2) is 17.8. The number of hydrogen-bond donors (Lipinski definition) is 0. The Bertz CT molecular complexity index is 253. The molecule has 0 bridgehead atoms. The Morgan fingerprint density at radius 1 is 0.739 bits per heavy atom. The number of carbonyl (C=O) groups is 1. The SMILES string of the molecule is CCCCCCCCCCC(CCCCCCC(=O)OC)OC. The second-order valence-corrected chi connectivity index (χ2v) is 6.65. The van der Waals surface area contributed by atoms with Crippen LogP contribution in [0, 0.1) is 0 Å². The lowest BCUT2D eigenvalue weighted by Gasteiger charge is -2.15. The van der Waals surface area contributed by atoms with Crippen LogP contribution in [0.15, 0.2) is 0 Å². The normalized spacial score (nSPS) is 12.3. The Labute approximate surface area is 144 Å². The van der Waals surface area contributed by atoms with Gasteiger partial charge in [-0.05, 0) is 19.3 Å². The molecule has 0 aliphatic rings. The van der Waals surface area contributed by atoms with Gasteiger partial charge in [0.15, 0.2) is 0 Å². The fourth-order valence-corrected chi connectivity index (χ4v) is 2.98. The third kappa shape index (κ3) is 16.1. The maximum absolute atomic E-state index is 11.0. The van der Waals surface area contributed by atoms with Crippen LogP contribution in [0.2, 0.25) is 0 Å². The molecule has 3 heteroatoms. The van der Waals surface area contributed by atoms with E-state index in [1.165, 1.54) is 77.7 Å². The van der Waals surface area contributed by atoms with E-state index in [-0.39, 0.29) is 5.97 Å². The Morgan fingerprint density at radius 2 is 1.22 bits per heavy atom. The maximum atomic E-state index is 11.0. The van der Waals surface area contributed by atoms with E-state index in [9.17, 15) is 4.79 Å². The predicted octanol–water partition coefficient (Wildman–Crippen LogP) is 6.05. The summed E-state index contributed by atoms with van der Waals surface area (Å²) in [7, 11) is 3.30. The Balaban J connectivity index is 3.37. The van der Waals surface area contributed by atoms with Crippen molar-refractivity contribution in [3.63, 3.8) is 0 Å². The van der Waals surface area contributed by atoms with Crippen LogP contribution in [0.3, 0.4) is 0 Å². The molecule has 0 saturated heterocycles. The summed E-state index contributed by atoms with van der Waals surface area (Å²) >= 11 is 0. The van der Waals surface area contributed by atoms with Crippen molar-refractivity contribution < 1.29 is 14.3 Å². The van der Waals surface area contributed by atoms with Crippen LogP contribution in [0.1, 0.15) is 103 Å². The first-order valence-electron chi connectivity index (χ1n) is 9.84. The lowest BCUT2D eigenvalue weighted by molar-refractivity contribution is -0.140. The van der Waals surface area contributed by atoms with Crippen molar-refractivity contribution >= 4 is 5.97 Å². The van der Waals surface area contributed by atoms with Crippen LogP contribution in [-0.2, 0) is 14.3 Å². The fraction of sp³-hybridized carbons (Fsp3) is 0.950. The van der Waals surface area contributed by atoms with Gasteiger partial charge in [-0.3, -0.25) is 4.79 Å². The van der Waals surface area contributed by atoms with E-state index >= 15 is 0 Å². The van der Waals surface area contributed by atoms with Gasteiger partial charge in [-0.15, -0.1) is 0 Å². The van der Waals surface area contributed by atoms with Crippen molar-refractivity contribution in [1.82, 2.24) is 0 Å². The quantitative estimate of drug-likeness (QED) is 0.241. The van der Waals surface area contributed by atoms with E-state index in [0.717, 1.165) is 19.3 Å². The summed E-state index contributed by atoms with van der Waals surface area (Å²) < 4.78 is 10.2. The van der Waals surface area contributed by atoms with Crippen molar-refractivity contribution in [1.29, 1.82) is 0 Å². The van der Waals surface area contributed by atoms with Gasteiger partial charge in [0.2, 0.25) is 0 Å². The highest BCUT2D eigenvalue weighted by atomic mass is 16.5. The van der Waals surface area contributed by atoms with Gasteiger partial charge < -0.3 is 9.47 Å². The molecule has 138 valence electrons. The fourth-order valence-electron chi connectivity index (χ4n) is 2.98. The largest absolute Gasteiger partial charge is 0.469 e. The van der Waals surface area contributed by atoms with Crippen molar-refractivity contribution in [3.8, 4) is 0 Å². The van der Waals surface area contributed by atoms with Crippen LogP contribution in [-0.4, -0.2) is 26.3 Å². The first-order valence-corrected chi connectivity index (χ1v) is 9.84. The molecule has 0 heterocycles. The molecule has 0 amide bonds. The van der Waals surface area contributed by atoms with Crippen LogP contribution in [0.4, 0.5) is 0 Å². The molecule has 0 aromatic rings. The molecule has 0 aromatic carbocycles. The summed E-state index contributed by atoms with van der Waals surface area (Å²) in [5, 5.41) is 0. The van der Waals surface area contributed by atoms with E-state index in [1.807, 2.05) is 7.11 Å². The molecule has 0 aliphatic heterocycles. The van der Waals surface area contributed by atoms with E-state index in [2.05, 4.69) is 11.7 Å². The summed E-state index contributed by atoms with van der Waals surface area (Å²) in [6.45, 7) is 2.27. The smallest absolute Gasteiger partial charge is 0.305 e. The van der Waals surface area contributed by atoms with Gasteiger partial charge in [0.25, 0.3) is 0 Å². The summed E-state index contributed by atoms with van der Waals surface area (Å²) in [6, 6.07) is 0. The third-order valence-corrected chi connectivity index (χ3v) is 4.60. The van der Waals surface area contributed by atoms with Crippen molar-refractivity contribution in [3.05, 3.63) is 0 Å². The molecule has 0 N–H and O–H groups in total. The van der Waals surface area contributed by atoms with Gasteiger partial charge in [0, 0.05) is 13.5 Å². The van der Waals surface area contributed by atoms with Gasteiger partial charge in [-0.1, -0.05) is 77.6 Å². The molecular formula is C20H40O3. The number of hydrogen-bond acceptors (Lipinski definition) is 3. The summed E-state index contributed by atoms with van der Waals surface area (Å²) in [6.07, 6.45) is 18.8. The van der Waals surface area contributed by atoms with Crippen LogP contribution >= 0.6 is 0 Å². The van der Waals surface area contributed by atoms with Gasteiger partial charge in [-0.2, -0.15) is 0 Å². The Morgan fingerprint density at radius 3 is 1.70 bits per heavy atom. The first-order chi connectivity index (χ1) is 11.2. The minimum Gasteiger partial charge on any atom is -0.469 e. The number of ether oxygens (including phenoxy) is 2. The van der Waals surface area contributed by atoms with E-state index in [4.69, 9.17) is 4.74 Å². The number of rotatable bonds is 17. The highest BCUT2D eigenvalue weighted by Gasteiger charge is 2.07. The number of esters is 1. The highest BCUT2D eigenvalue weighted by Crippen LogP contribution is 2.16. The maximum Gasteiger partial charge on any atom is 0.305 e. The summed E-state index contributed by atoms with van der Waals surface area (Å²) in [4.78, 5) is 11.0. The minimum atomic E-state index is -0.0885. The van der Waals surface area contributed by atoms with Crippen molar-refractivity contribution in [2.75, 3.05) is 14.2 Å². The van der Waals surface area contributed by atoms with E-state index in [0.29, 0.717) is 12.5 Å². The Kier molecular flexibility index (Phi) is 17.3. The average molecular weight is 329 g/mol. The zero-order valence-electron chi connectivity index (χ0n) is 15.9. The second-order valence-electron chi connectivity index (χ2n) is 6.65. The predicted molar refractivity (Wildman–Crippen MR) is 97.7 cm³/mol. The average Bonchev–Trinajstić information content (AvgIpc) is 2.57. The monoisotopic (exact) mass is 328 g/mol. The van der Waals surface area contributed by atoms with Crippen molar-refractivity contribution in [2.24, 2.45) is 0 Å². The molecule has 0 radical (unpaired) electrons. The van der Waals surface area contributed by atoms with Gasteiger partial charge in [-0.25, -0.2) is 0 Å². The first kappa shape index (κ1) is 22.4. The lowest BCUT2D eigenvalue weighted by atomic mass is 10.0. The molecule has 23 heavy (non-hydrogen) atoms.